The molecule has 5 rings (SSSR count). The number of hydrogen-bond acceptors (Lipinski definition) is 10. The summed E-state index contributed by atoms with van der Waals surface area (Å²) in [7, 11) is 2.12. The van der Waals surface area contributed by atoms with Crippen molar-refractivity contribution in [1.82, 2.24) is 25.0 Å². The first-order valence-electron chi connectivity index (χ1n) is 15.9. The molecule has 0 spiro atoms. The summed E-state index contributed by atoms with van der Waals surface area (Å²) >= 11 is 1.40. The third-order valence-electron chi connectivity index (χ3n) is 7.91. The van der Waals surface area contributed by atoms with Crippen LogP contribution in [0.4, 0.5) is 15.3 Å². The number of piperazine rings is 1. The van der Waals surface area contributed by atoms with E-state index in [1.54, 1.807) is 43.3 Å². The fourth-order valence-electron chi connectivity index (χ4n) is 5.26. The predicted octanol–water partition coefficient (Wildman–Crippen LogP) is 4.65. The second-order valence-electron chi connectivity index (χ2n) is 12.8. The quantitative estimate of drug-likeness (QED) is 0.266. The Bertz CT molecular complexity index is 1530. The monoisotopic (exact) mass is 664 g/mol. The van der Waals surface area contributed by atoms with Crippen molar-refractivity contribution in [2.75, 3.05) is 65.0 Å². The normalized spacial score (nSPS) is 14.9. The molecule has 0 unspecified atom stereocenters. The van der Waals surface area contributed by atoms with Crippen molar-refractivity contribution in [2.45, 2.75) is 45.8 Å². The van der Waals surface area contributed by atoms with Crippen molar-refractivity contribution in [1.29, 1.82) is 0 Å². The summed E-state index contributed by atoms with van der Waals surface area (Å²) in [4.78, 5) is 49.7. The first-order chi connectivity index (χ1) is 22.5. The van der Waals surface area contributed by atoms with E-state index in [9.17, 15) is 14.4 Å². The molecule has 12 nitrogen and oxygen atoms in total. The van der Waals surface area contributed by atoms with E-state index in [1.165, 1.54) is 11.3 Å². The number of hydrogen-bond donors (Lipinski definition) is 2. The van der Waals surface area contributed by atoms with Crippen molar-refractivity contribution in [3.8, 4) is 11.5 Å². The number of ether oxygens (including phenoxy) is 3. The van der Waals surface area contributed by atoms with Crippen LogP contribution in [-0.2, 0) is 24.1 Å². The molecule has 47 heavy (non-hydrogen) atoms. The molecular weight excluding hydrogens is 620 g/mol. The number of carbonyl (C=O) groups excluding carboxylic acids is 3. The van der Waals surface area contributed by atoms with Gasteiger partial charge in [-0.1, -0.05) is 12.1 Å². The zero-order valence-electron chi connectivity index (χ0n) is 27.5. The van der Waals surface area contributed by atoms with Crippen LogP contribution in [-0.4, -0.2) is 103 Å². The maximum Gasteiger partial charge on any atom is 0.412 e. The molecule has 0 bridgehead atoms. The van der Waals surface area contributed by atoms with Crippen LogP contribution in [0.25, 0.3) is 0 Å². The number of aromatic nitrogens is 1. The lowest BCUT2D eigenvalue weighted by molar-refractivity contribution is 0.0635. The molecule has 0 atom stereocenters. The Morgan fingerprint density at radius 3 is 2.53 bits per heavy atom. The number of thiophene rings is 1. The predicted molar refractivity (Wildman–Crippen MR) is 180 cm³/mol. The third-order valence-corrected chi connectivity index (χ3v) is 8.70. The van der Waals surface area contributed by atoms with Crippen molar-refractivity contribution in [3.63, 3.8) is 0 Å². The van der Waals surface area contributed by atoms with Crippen LogP contribution < -0.4 is 20.1 Å². The fourth-order valence-corrected chi connectivity index (χ4v) is 6.05. The van der Waals surface area contributed by atoms with Crippen LogP contribution in [0.2, 0.25) is 0 Å². The number of likely N-dealkylation sites (N-methyl/N-ethyl adjacent to an activating group) is 1. The first kappa shape index (κ1) is 34.1. The summed E-state index contributed by atoms with van der Waals surface area (Å²) in [6.07, 6.45) is 1.83. The number of rotatable bonds is 12. The van der Waals surface area contributed by atoms with Gasteiger partial charge in [0, 0.05) is 70.4 Å². The van der Waals surface area contributed by atoms with Gasteiger partial charge in [-0.2, -0.15) is 0 Å². The highest BCUT2D eigenvalue weighted by Crippen LogP contribution is 2.32. The topological polar surface area (TPSA) is 126 Å². The highest BCUT2D eigenvalue weighted by atomic mass is 32.1. The molecule has 13 heteroatoms. The molecule has 2 aliphatic rings. The van der Waals surface area contributed by atoms with Gasteiger partial charge >= 0.3 is 12.1 Å². The van der Waals surface area contributed by atoms with E-state index in [0.717, 1.165) is 55.3 Å². The number of ketones is 1. The Hall–Kier alpha value is -4.20. The minimum absolute atomic E-state index is 0.0872. The second kappa shape index (κ2) is 15.6. The van der Waals surface area contributed by atoms with E-state index in [1.807, 2.05) is 29.6 Å². The Morgan fingerprint density at radius 1 is 1.02 bits per heavy atom. The van der Waals surface area contributed by atoms with Gasteiger partial charge in [0.1, 0.15) is 11.3 Å². The van der Waals surface area contributed by atoms with Crippen LogP contribution in [0.15, 0.2) is 47.3 Å². The van der Waals surface area contributed by atoms with Crippen molar-refractivity contribution in [2.24, 2.45) is 0 Å². The molecule has 1 fully saturated rings. The smallest absolute Gasteiger partial charge is 0.412 e. The number of benzene rings is 1. The lowest BCUT2D eigenvalue weighted by Gasteiger charge is -2.34. The van der Waals surface area contributed by atoms with Gasteiger partial charge in [0.2, 0.25) is 6.79 Å². The van der Waals surface area contributed by atoms with Crippen molar-refractivity contribution >= 4 is 34.9 Å². The minimum atomic E-state index is -0.628. The molecule has 3 amide bonds. The number of amides is 3. The maximum absolute atomic E-state index is 13.4. The number of nitrogens with one attached hydrogen (secondary N) is 2. The molecule has 0 aliphatic carbocycles. The van der Waals surface area contributed by atoms with Gasteiger partial charge in [-0.25, -0.2) is 9.59 Å². The summed E-state index contributed by atoms with van der Waals surface area (Å²) < 4.78 is 16.2. The number of Topliss-reactive ketones (excluding diaryl/α,β-unsaturated/α-hetero) is 1. The van der Waals surface area contributed by atoms with Gasteiger partial charge in [-0.15, -0.1) is 11.3 Å². The molecule has 2 N–H and O–H groups in total. The van der Waals surface area contributed by atoms with E-state index in [0.29, 0.717) is 43.0 Å². The van der Waals surface area contributed by atoms with Crippen molar-refractivity contribution in [3.05, 3.63) is 69.7 Å². The van der Waals surface area contributed by atoms with Crippen LogP contribution >= 0.6 is 11.3 Å². The molecule has 252 valence electrons. The van der Waals surface area contributed by atoms with Gasteiger partial charge < -0.3 is 29.3 Å². The Kier molecular flexibility index (Phi) is 11.3. The first-order valence-corrected chi connectivity index (χ1v) is 16.8. The number of urea groups is 1. The molecule has 3 aromatic rings. The number of carbonyl (C=O) groups is 3. The summed E-state index contributed by atoms with van der Waals surface area (Å²) in [5, 5.41) is 9.42. The molecule has 2 aromatic heterocycles. The van der Waals surface area contributed by atoms with E-state index in [2.05, 4.69) is 32.5 Å². The summed E-state index contributed by atoms with van der Waals surface area (Å²) in [5.41, 5.74) is 2.82. The summed E-state index contributed by atoms with van der Waals surface area (Å²) in [6, 6.07) is 9.21. The number of anilines is 1. The highest BCUT2D eigenvalue weighted by Gasteiger charge is 2.21. The Labute approximate surface area is 280 Å². The third kappa shape index (κ3) is 10.1. The summed E-state index contributed by atoms with van der Waals surface area (Å²) in [6.45, 7) is 11.7. The van der Waals surface area contributed by atoms with E-state index < -0.39 is 11.7 Å². The number of pyridine rings is 1. The SMILES string of the molecule is CN1CCN(CCN(Cc2ccc(C(=O)Cc3cscc3NC(=O)OC(C)(C)C)nc2)C(=O)NCCc2ccc3c(c2)OCO3)CC1. The van der Waals surface area contributed by atoms with E-state index in [4.69, 9.17) is 14.2 Å². The number of fused-ring (bicyclic) bond motifs is 1. The maximum atomic E-state index is 13.4. The zero-order chi connectivity index (χ0) is 33.4. The minimum Gasteiger partial charge on any atom is -0.454 e. The lowest BCUT2D eigenvalue weighted by Crippen LogP contribution is -2.49. The van der Waals surface area contributed by atoms with Gasteiger partial charge in [-0.05, 0) is 74.5 Å². The van der Waals surface area contributed by atoms with E-state index >= 15 is 0 Å². The second-order valence-corrected chi connectivity index (χ2v) is 13.6. The van der Waals surface area contributed by atoms with Crippen LogP contribution in [0.3, 0.4) is 0 Å². The van der Waals surface area contributed by atoms with Gasteiger partial charge in [-0.3, -0.25) is 20.0 Å². The Balaban J connectivity index is 1.17. The Morgan fingerprint density at radius 2 is 1.79 bits per heavy atom. The molecule has 0 radical (unpaired) electrons. The zero-order valence-corrected chi connectivity index (χ0v) is 28.4. The fraction of sp³-hybridized carbons (Fsp3) is 0.471. The van der Waals surface area contributed by atoms with Crippen LogP contribution in [0.5, 0.6) is 11.5 Å². The average molecular weight is 665 g/mol. The van der Waals surface area contributed by atoms with Gasteiger partial charge in [0.25, 0.3) is 0 Å². The van der Waals surface area contributed by atoms with Gasteiger partial charge in [0.05, 0.1) is 5.69 Å². The van der Waals surface area contributed by atoms with Crippen molar-refractivity contribution < 1.29 is 28.6 Å². The average Bonchev–Trinajstić information content (AvgIpc) is 3.68. The largest absolute Gasteiger partial charge is 0.454 e. The number of nitrogens with zero attached hydrogens (tertiary/aromatic N) is 4. The molecule has 2 aliphatic heterocycles. The summed E-state index contributed by atoms with van der Waals surface area (Å²) in [5.74, 6) is 1.29. The van der Waals surface area contributed by atoms with Crippen LogP contribution in [0.1, 0.15) is 48.0 Å². The standard InChI is InChI=1S/C34H44N6O6S/c1-34(2,3)46-33(43)37-28-22-47-21-26(28)18-29(41)27-7-5-25(19-36-27)20-40(16-15-39-13-11-38(4)12-14-39)32(42)35-10-9-24-6-8-30-31(17-24)45-23-44-30/h5-8,17,19,21-22H,9-16,18,20,23H2,1-4H3,(H,35,42)(H,37,43). The molecule has 0 saturated carbocycles. The molecule has 1 saturated heterocycles. The highest BCUT2D eigenvalue weighted by molar-refractivity contribution is 7.08. The van der Waals surface area contributed by atoms with Gasteiger partial charge in [0.15, 0.2) is 17.3 Å². The van der Waals surface area contributed by atoms with Crippen LogP contribution in [0, 0.1) is 0 Å². The molecule has 1 aromatic carbocycles. The van der Waals surface area contributed by atoms with E-state index in [-0.39, 0.29) is 25.0 Å². The molecule has 4 heterocycles. The lowest BCUT2D eigenvalue weighted by atomic mass is 10.1. The molecular formula is C34H44N6O6S.